The van der Waals surface area contributed by atoms with E-state index >= 15 is 0 Å². The van der Waals surface area contributed by atoms with E-state index in [1.165, 1.54) is 11.6 Å². The third-order valence-electron chi connectivity index (χ3n) is 4.52. The highest BCUT2D eigenvalue weighted by molar-refractivity contribution is 5.84. The van der Waals surface area contributed by atoms with Crippen LogP contribution in [0, 0.1) is 5.92 Å². The molecule has 1 aliphatic rings. The van der Waals surface area contributed by atoms with Crippen molar-refractivity contribution in [1.82, 2.24) is 10.2 Å². The number of carbonyl (C=O) groups is 2. The maximum Gasteiger partial charge on any atom is 0.371 e. The Morgan fingerprint density at radius 3 is 2.48 bits per heavy atom. The zero-order valence-electron chi connectivity index (χ0n) is 14.0. The molecule has 0 aliphatic carbocycles. The highest BCUT2D eigenvalue weighted by atomic mass is 16.4. The van der Waals surface area contributed by atoms with Crippen LogP contribution in [0.3, 0.4) is 0 Å². The lowest BCUT2D eigenvalue weighted by Crippen LogP contribution is -2.40. The zero-order chi connectivity index (χ0) is 17.6. The third kappa shape index (κ3) is 4.70. The summed E-state index contributed by atoms with van der Waals surface area (Å²) in [5.74, 6) is -0.761. The maximum atomic E-state index is 12.3. The Labute approximate surface area is 146 Å². The molecule has 0 bridgehead atoms. The fourth-order valence-corrected chi connectivity index (χ4v) is 3.10. The number of hydrogen-bond donors (Lipinski definition) is 2. The van der Waals surface area contributed by atoms with Crippen molar-refractivity contribution >= 4 is 11.9 Å². The molecule has 2 aromatic rings. The van der Waals surface area contributed by atoms with Crippen molar-refractivity contribution < 1.29 is 19.1 Å². The van der Waals surface area contributed by atoms with Crippen molar-refractivity contribution in [3.8, 4) is 0 Å². The normalized spacial score (nSPS) is 15.8. The Balaban J connectivity index is 1.42. The van der Waals surface area contributed by atoms with E-state index in [2.05, 4.69) is 22.3 Å². The molecule has 0 radical (unpaired) electrons. The van der Waals surface area contributed by atoms with Crippen molar-refractivity contribution in [3.63, 3.8) is 0 Å². The first-order valence-electron chi connectivity index (χ1n) is 8.48. The molecule has 1 aromatic carbocycles. The quantitative estimate of drug-likeness (QED) is 0.843. The highest BCUT2D eigenvalue weighted by Crippen LogP contribution is 2.19. The average Bonchev–Trinajstić information content (AvgIpc) is 3.11. The van der Waals surface area contributed by atoms with Gasteiger partial charge in [0, 0.05) is 12.5 Å². The summed E-state index contributed by atoms with van der Waals surface area (Å²) in [6.45, 7) is 2.93. The summed E-state index contributed by atoms with van der Waals surface area (Å²) in [7, 11) is 0. The van der Waals surface area contributed by atoms with Gasteiger partial charge in [0.2, 0.25) is 11.7 Å². The van der Waals surface area contributed by atoms with Gasteiger partial charge in [0.1, 0.15) is 5.76 Å². The average molecular weight is 342 g/mol. The van der Waals surface area contributed by atoms with Gasteiger partial charge in [-0.05, 0) is 43.6 Å². The van der Waals surface area contributed by atoms with Gasteiger partial charge in [0.15, 0.2) is 0 Å². The van der Waals surface area contributed by atoms with Gasteiger partial charge in [0.25, 0.3) is 0 Å². The van der Waals surface area contributed by atoms with E-state index in [1.807, 2.05) is 18.2 Å². The molecule has 0 atom stereocenters. The molecule has 25 heavy (non-hydrogen) atoms. The summed E-state index contributed by atoms with van der Waals surface area (Å²) in [5.41, 5.74) is 1.29. The first-order chi connectivity index (χ1) is 12.1. The Morgan fingerprint density at radius 1 is 1.12 bits per heavy atom. The first-order valence-corrected chi connectivity index (χ1v) is 8.48. The van der Waals surface area contributed by atoms with E-state index in [1.54, 1.807) is 6.07 Å². The molecular formula is C19H22N2O4. The molecule has 6 heteroatoms. The summed E-state index contributed by atoms with van der Waals surface area (Å²) < 4.78 is 5.14. The number of benzene rings is 1. The lowest BCUT2D eigenvalue weighted by Gasteiger charge is -2.31. The van der Waals surface area contributed by atoms with Gasteiger partial charge in [-0.2, -0.15) is 0 Å². The Kier molecular flexibility index (Phi) is 5.50. The topological polar surface area (TPSA) is 82.8 Å². The molecule has 6 nitrogen and oxygen atoms in total. The molecule has 3 rings (SSSR count). The molecule has 1 amide bonds. The molecular weight excluding hydrogens is 320 g/mol. The molecule has 1 fully saturated rings. The van der Waals surface area contributed by atoms with E-state index in [9.17, 15) is 9.59 Å². The van der Waals surface area contributed by atoms with Gasteiger partial charge in [-0.25, -0.2) is 4.79 Å². The monoisotopic (exact) mass is 342 g/mol. The van der Waals surface area contributed by atoms with Gasteiger partial charge in [-0.15, -0.1) is 0 Å². The second-order valence-corrected chi connectivity index (χ2v) is 6.32. The van der Waals surface area contributed by atoms with E-state index in [4.69, 9.17) is 9.52 Å². The van der Waals surface area contributed by atoms with Crippen molar-refractivity contribution in [2.24, 2.45) is 5.92 Å². The second-order valence-electron chi connectivity index (χ2n) is 6.32. The van der Waals surface area contributed by atoms with Crippen molar-refractivity contribution in [1.29, 1.82) is 0 Å². The number of likely N-dealkylation sites (tertiary alicyclic amines) is 1. The number of aromatic carboxylic acids is 1. The van der Waals surface area contributed by atoms with Gasteiger partial charge in [-0.3, -0.25) is 9.69 Å². The van der Waals surface area contributed by atoms with E-state index in [0.29, 0.717) is 5.76 Å². The Morgan fingerprint density at radius 2 is 1.84 bits per heavy atom. The molecule has 0 spiro atoms. The van der Waals surface area contributed by atoms with Crippen LogP contribution in [0.4, 0.5) is 0 Å². The lowest BCUT2D eigenvalue weighted by atomic mass is 9.95. The summed E-state index contributed by atoms with van der Waals surface area (Å²) in [6, 6.07) is 13.3. The summed E-state index contributed by atoms with van der Waals surface area (Å²) in [4.78, 5) is 25.4. The SMILES string of the molecule is O=C(O)c1ccc(CNC(=O)C2CCN(Cc3ccccc3)CC2)o1. The first kappa shape index (κ1) is 17.2. The highest BCUT2D eigenvalue weighted by Gasteiger charge is 2.25. The van der Waals surface area contributed by atoms with Gasteiger partial charge >= 0.3 is 5.97 Å². The molecule has 0 unspecified atom stereocenters. The van der Waals surface area contributed by atoms with Crippen LogP contribution in [0.2, 0.25) is 0 Å². The van der Waals surface area contributed by atoms with Crippen LogP contribution in [0.25, 0.3) is 0 Å². The minimum Gasteiger partial charge on any atom is -0.475 e. The molecule has 132 valence electrons. The molecule has 2 N–H and O–H groups in total. The summed E-state index contributed by atoms with van der Waals surface area (Å²) in [5, 5.41) is 11.7. The van der Waals surface area contributed by atoms with Crippen molar-refractivity contribution in [2.45, 2.75) is 25.9 Å². The zero-order valence-corrected chi connectivity index (χ0v) is 14.0. The smallest absolute Gasteiger partial charge is 0.371 e. The number of piperidine rings is 1. The number of furan rings is 1. The van der Waals surface area contributed by atoms with Crippen LogP contribution < -0.4 is 5.32 Å². The fraction of sp³-hybridized carbons (Fsp3) is 0.368. The molecule has 1 aliphatic heterocycles. The standard InChI is InChI=1S/C19H22N2O4/c22-18(20-12-16-6-7-17(25-16)19(23)24)15-8-10-21(11-9-15)13-14-4-2-1-3-5-14/h1-7,15H,8-13H2,(H,20,22)(H,23,24). The lowest BCUT2D eigenvalue weighted by molar-refractivity contribution is -0.126. The number of rotatable bonds is 6. The summed E-state index contributed by atoms with van der Waals surface area (Å²) >= 11 is 0. The number of nitrogens with zero attached hydrogens (tertiary/aromatic N) is 1. The van der Waals surface area contributed by atoms with Crippen LogP contribution >= 0.6 is 0 Å². The molecule has 2 heterocycles. The van der Waals surface area contributed by atoms with Gasteiger partial charge < -0.3 is 14.8 Å². The molecule has 0 saturated carbocycles. The number of carboxylic acids is 1. The van der Waals surface area contributed by atoms with Crippen LogP contribution in [0.1, 0.15) is 34.7 Å². The number of amides is 1. The van der Waals surface area contributed by atoms with E-state index in [0.717, 1.165) is 32.5 Å². The Hall–Kier alpha value is -2.60. The molecule has 1 saturated heterocycles. The number of carbonyl (C=O) groups excluding carboxylic acids is 1. The largest absolute Gasteiger partial charge is 0.475 e. The van der Waals surface area contributed by atoms with Crippen LogP contribution in [-0.4, -0.2) is 35.0 Å². The summed E-state index contributed by atoms with van der Waals surface area (Å²) in [6.07, 6.45) is 1.66. The van der Waals surface area contributed by atoms with Crippen LogP contribution in [0.15, 0.2) is 46.9 Å². The van der Waals surface area contributed by atoms with Gasteiger partial charge in [-0.1, -0.05) is 30.3 Å². The van der Waals surface area contributed by atoms with E-state index < -0.39 is 5.97 Å². The predicted octanol–water partition coefficient (Wildman–Crippen LogP) is 2.51. The maximum absolute atomic E-state index is 12.3. The number of carboxylic acid groups (broad SMARTS) is 1. The van der Waals surface area contributed by atoms with Gasteiger partial charge in [0.05, 0.1) is 6.54 Å². The minimum atomic E-state index is -1.11. The third-order valence-corrected chi connectivity index (χ3v) is 4.52. The second kappa shape index (κ2) is 7.98. The van der Waals surface area contributed by atoms with Crippen molar-refractivity contribution in [2.75, 3.05) is 13.1 Å². The van der Waals surface area contributed by atoms with E-state index in [-0.39, 0.29) is 24.1 Å². The number of hydrogen-bond acceptors (Lipinski definition) is 4. The van der Waals surface area contributed by atoms with Crippen LogP contribution in [-0.2, 0) is 17.9 Å². The number of nitrogens with one attached hydrogen (secondary N) is 1. The molecule has 1 aromatic heterocycles. The van der Waals surface area contributed by atoms with Crippen molar-refractivity contribution in [3.05, 3.63) is 59.5 Å². The fourth-order valence-electron chi connectivity index (χ4n) is 3.10. The Bertz CT molecular complexity index is 718. The minimum absolute atomic E-state index is 0.000861. The predicted molar refractivity (Wildman–Crippen MR) is 92.0 cm³/mol. The van der Waals surface area contributed by atoms with Crippen LogP contribution in [0.5, 0.6) is 0 Å².